The quantitative estimate of drug-likeness (QED) is 0.466. The van der Waals surface area contributed by atoms with Crippen molar-refractivity contribution in [3.63, 3.8) is 0 Å². The molecule has 0 aromatic rings. The van der Waals surface area contributed by atoms with E-state index in [1.54, 1.807) is 0 Å². The van der Waals surface area contributed by atoms with E-state index in [1.165, 1.54) is 6.42 Å². The molecule has 0 rings (SSSR count). The molecule has 0 aromatic heterocycles. The zero-order valence-electron chi connectivity index (χ0n) is 9.63. The molecule has 0 aliphatic rings. The van der Waals surface area contributed by atoms with Crippen LogP contribution in [0.5, 0.6) is 0 Å². The minimum absolute atomic E-state index is 0.106. The maximum Gasteiger partial charge on any atom is 0.0537 e. The third-order valence-electron chi connectivity index (χ3n) is 2.68. The molecule has 0 amide bonds. The van der Waals surface area contributed by atoms with Crippen molar-refractivity contribution >= 4 is 0 Å². The molecular formula is C13H24O. The van der Waals surface area contributed by atoms with Gasteiger partial charge in [-0.25, -0.2) is 0 Å². The van der Waals surface area contributed by atoms with Crippen LogP contribution < -0.4 is 0 Å². The van der Waals surface area contributed by atoms with Crippen LogP contribution in [0.4, 0.5) is 0 Å². The zero-order valence-corrected chi connectivity index (χ0v) is 9.63. The van der Waals surface area contributed by atoms with Crippen LogP contribution in [-0.2, 0) is 0 Å². The van der Waals surface area contributed by atoms with Crippen molar-refractivity contribution in [1.29, 1.82) is 0 Å². The molecule has 0 aromatic carbocycles. The normalized spacial score (nSPS) is 14.7. The lowest BCUT2D eigenvalue weighted by Gasteiger charge is -2.10. The molecule has 0 bridgehead atoms. The monoisotopic (exact) mass is 196 g/mol. The lowest BCUT2D eigenvalue weighted by Crippen LogP contribution is -2.04. The Balaban J connectivity index is 3.38. The fourth-order valence-corrected chi connectivity index (χ4v) is 1.63. The van der Waals surface area contributed by atoms with Gasteiger partial charge >= 0.3 is 0 Å². The smallest absolute Gasteiger partial charge is 0.0537 e. The van der Waals surface area contributed by atoms with Crippen molar-refractivity contribution in [2.75, 3.05) is 0 Å². The van der Waals surface area contributed by atoms with Gasteiger partial charge in [0.2, 0.25) is 0 Å². The first-order valence-electron chi connectivity index (χ1n) is 5.88. The minimum atomic E-state index is -0.106. The zero-order chi connectivity index (χ0) is 10.8. The molecule has 0 saturated carbocycles. The summed E-state index contributed by atoms with van der Waals surface area (Å²) in [6.45, 7) is 4.19. The SMILES string of the molecule is C#CC(CCC)CCCCC(O)CC. The maximum absolute atomic E-state index is 9.34. The van der Waals surface area contributed by atoms with Crippen LogP contribution in [0.15, 0.2) is 0 Å². The van der Waals surface area contributed by atoms with Crippen LogP contribution >= 0.6 is 0 Å². The van der Waals surface area contributed by atoms with Crippen molar-refractivity contribution in [3.05, 3.63) is 0 Å². The summed E-state index contributed by atoms with van der Waals surface area (Å²) in [5.74, 6) is 3.30. The first kappa shape index (κ1) is 13.5. The summed E-state index contributed by atoms with van der Waals surface area (Å²) in [7, 11) is 0. The van der Waals surface area contributed by atoms with E-state index in [9.17, 15) is 5.11 Å². The van der Waals surface area contributed by atoms with Gasteiger partial charge in [0.25, 0.3) is 0 Å². The Bertz CT molecular complexity index is 157. The van der Waals surface area contributed by atoms with Crippen molar-refractivity contribution in [3.8, 4) is 12.3 Å². The van der Waals surface area contributed by atoms with Gasteiger partial charge in [-0.05, 0) is 25.7 Å². The third kappa shape index (κ3) is 6.97. The average Bonchev–Trinajstić information content (AvgIpc) is 2.22. The number of rotatable bonds is 8. The highest BCUT2D eigenvalue weighted by molar-refractivity contribution is 4.92. The Morgan fingerprint density at radius 2 is 1.79 bits per heavy atom. The molecule has 0 radical (unpaired) electrons. The first-order valence-corrected chi connectivity index (χ1v) is 5.88. The van der Waals surface area contributed by atoms with Crippen LogP contribution in [0.2, 0.25) is 0 Å². The molecule has 0 fully saturated rings. The summed E-state index contributed by atoms with van der Waals surface area (Å²) in [5.41, 5.74) is 0. The molecule has 14 heavy (non-hydrogen) atoms. The van der Waals surface area contributed by atoms with Crippen LogP contribution in [0.1, 0.15) is 58.8 Å². The second-order valence-corrected chi connectivity index (χ2v) is 4.00. The molecule has 0 aliphatic heterocycles. The summed E-state index contributed by atoms with van der Waals surface area (Å²) in [5, 5.41) is 9.34. The van der Waals surface area contributed by atoms with Gasteiger partial charge < -0.3 is 5.11 Å². The van der Waals surface area contributed by atoms with E-state index in [0.29, 0.717) is 5.92 Å². The van der Waals surface area contributed by atoms with Crippen LogP contribution in [-0.4, -0.2) is 11.2 Å². The molecule has 1 heteroatoms. The van der Waals surface area contributed by atoms with Gasteiger partial charge in [0.05, 0.1) is 6.10 Å². The predicted octanol–water partition coefficient (Wildman–Crippen LogP) is 3.37. The van der Waals surface area contributed by atoms with Gasteiger partial charge in [-0.1, -0.05) is 33.1 Å². The molecule has 82 valence electrons. The summed E-state index contributed by atoms with van der Waals surface area (Å²) in [4.78, 5) is 0. The lowest BCUT2D eigenvalue weighted by atomic mass is 9.96. The Morgan fingerprint density at radius 1 is 1.14 bits per heavy atom. The molecule has 0 saturated heterocycles. The molecule has 2 atom stereocenters. The average molecular weight is 196 g/mol. The number of aliphatic hydroxyl groups is 1. The van der Waals surface area contributed by atoms with E-state index in [1.807, 2.05) is 6.92 Å². The summed E-state index contributed by atoms with van der Waals surface area (Å²) in [6, 6.07) is 0. The fraction of sp³-hybridized carbons (Fsp3) is 0.846. The topological polar surface area (TPSA) is 20.2 Å². The number of terminal acetylenes is 1. The van der Waals surface area contributed by atoms with Crippen LogP contribution in [0.3, 0.4) is 0 Å². The highest BCUT2D eigenvalue weighted by Crippen LogP contribution is 2.15. The summed E-state index contributed by atoms with van der Waals surface area (Å²) < 4.78 is 0. The standard InChI is InChI=1S/C13H24O/c1-4-9-12(5-2)10-7-8-11-13(14)6-3/h2,12-14H,4,6-11H2,1,3H3. The van der Waals surface area contributed by atoms with Crippen molar-refractivity contribution in [2.24, 2.45) is 5.92 Å². The summed E-state index contributed by atoms with van der Waals surface area (Å²) in [6.07, 6.45) is 12.8. The Labute approximate surface area is 88.9 Å². The number of hydrogen-bond acceptors (Lipinski definition) is 1. The van der Waals surface area contributed by atoms with E-state index in [0.717, 1.165) is 38.5 Å². The molecule has 1 nitrogen and oxygen atoms in total. The van der Waals surface area contributed by atoms with Crippen LogP contribution in [0.25, 0.3) is 0 Å². The molecule has 1 N–H and O–H groups in total. The van der Waals surface area contributed by atoms with E-state index in [-0.39, 0.29) is 6.10 Å². The second kappa shape index (κ2) is 9.09. The summed E-state index contributed by atoms with van der Waals surface area (Å²) >= 11 is 0. The van der Waals surface area contributed by atoms with Gasteiger partial charge in [-0.15, -0.1) is 12.3 Å². The van der Waals surface area contributed by atoms with Gasteiger partial charge in [0.1, 0.15) is 0 Å². The number of hydrogen-bond donors (Lipinski definition) is 1. The van der Waals surface area contributed by atoms with E-state index < -0.39 is 0 Å². The molecule has 2 unspecified atom stereocenters. The Hall–Kier alpha value is -0.480. The fourth-order valence-electron chi connectivity index (χ4n) is 1.63. The molecule has 0 heterocycles. The van der Waals surface area contributed by atoms with Gasteiger partial charge in [-0.2, -0.15) is 0 Å². The van der Waals surface area contributed by atoms with E-state index in [2.05, 4.69) is 12.8 Å². The number of unbranched alkanes of at least 4 members (excludes halogenated alkanes) is 1. The van der Waals surface area contributed by atoms with Gasteiger partial charge in [-0.3, -0.25) is 0 Å². The van der Waals surface area contributed by atoms with Crippen molar-refractivity contribution in [2.45, 2.75) is 64.9 Å². The highest BCUT2D eigenvalue weighted by atomic mass is 16.3. The minimum Gasteiger partial charge on any atom is -0.393 e. The maximum atomic E-state index is 9.34. The predicted molar refractivity (Wildman–Crippen MR) is 62.0 cm³/mol. The van der Waals surface area contributed by atoms with Gasteiger partial charge in [0.15, 0.2) is 0 Å². The second-order valence-electron chi connectivity index (χ2n) is 4.00. The van der Waals surface area contributed by atoms with Crippen molar-refractivity contribution in [1.82, 2.24) is 0 Å². The molecular weight excluding hydrogens is 172 g/mol. The third-order valence-corrected chi connectivity index (χ3v) is 2.68. The first-order chi connectivity index (χ1) is 6.74. The van der Waals surface area contributed by atoms with E-state index in [4.69, 9.17) is 6.42 Å². The number of aliphatic hydroxyl groups excluding tert-OH is 1. The Morgan fingerprint density at radius 3 is 2.29 bits per heavy atom. The van der Waals surface area contributed by atoms with Gasteiger partial charge in [0, 0.05) is 5.92 Å². The van der Waals surface area contributed by atoms with Crippen molar-refractivity contribution < 1.29 is 5.11 Å². The lowest BCUT2D eigenvalue weighted by molar-refractivity contribution is 0.156. The Kier molecular flexibility index (Phi) is 8.78. The molecule has 0 aliphatic carbocycles. The van der Waals surface area contributed by atoms with Crippen LogP contribution in [0, 0.1) is 18.3 Å². The molecule has 0 spiro atoms. The van der Waals surface area contributed by atoms with E-state index >= 15 is 0 Å². The highest BCUT2D eigenvalue weighted by Gasteiger charge is 2.04. The largest absolute Gasteiger partial charge is 0.393 e.